The van der Waals surface area contributed by atoms with Crippen molar-refractivity contribution in [1.82, 2.24) is 9.78 Å². The van der Waals surface area contributed by atoms with Gasteiger partial charge in [-0.2, -0.15) is 5.10 Å². The van der Waals surface area contributed by atoms with Crippen molar-refractivity contribution in [1.29, 1.82) is 0 Å². The standard InChI is InChI=1S/C14H18ClN3O2/c1-9-5-10(18(2)17-9)8-16-12-7-13(19-3)11(15)6-14(12)20-4/h5-7,16H,8H2,1-4H3. The lowest BCUT2D eigenvalue weighted by atomic mass is 10.2. The molecule has 0 bridgehead atoms. The second-order valence-corrected chi connectivity index (χ2v) is 4.85. The molecule has 2 aromatic rings. The van der Waals surface area contributed by atoms with Crippen molar-refractivity contribution in [3.05, 3.63) is 34.6 Å². The zero-order valence-corrected chi connectivity index (χ0v) is 12.8. The lowest BCUT2D eigenvalue weighted by Gasteiger charge is -2.14. The van der Waals surface area contributed by atoms with Crippen LogP contribution in [0.4, 0.5) is 5.69 Å². The zero-order chi connectivity index (χ0) is 14.7. The maximum Gasteiger partial charge on any atom is 0.143 e. The molecule has 0 atom stereocenters. The molecule has 0 spiro atoms. The fourth-order valence-electron chi connectivity index (χ4n) is 2.01. The fourth-order valence-corrected chi connectivity index (χ4v) is 2.24. The molecule has 0 aliphatic carbocycles. The highest BCUT2D eigenvalue weighted by molar-refractivity contribution is 6.32. The second kappa shape index (κ2) is 6.05. The van der Waals surface area contributed by atoms with Gasteiger partial charge in [0.2, 0.25) is 0 Å². The lowest BCUT2D eigenvalue weighted by molar-refractivity contribution is 0.404. The minimum Gasteiger partial charge on any atom is -0.495 e. The van der Waals surface area contributed by atoms with Crippen molar-refractivity contribution in [3.63, 3.8) is 0 Å². The number of aromatic nitrogens is 2. The van der Waals surface area contributed by atoms with Gasteiger partial charge in [0.1, 0.15) is 11.5 Å². The number of methoxy groups -OCH3 is 2. The normalized spacial score (nSPS) is 10.4. The van der Waals surface area contributed by atoms with Crippen LogP contribution in [0.3, 0.4) is 0 Å². The van der Waals surface area contributed by atoms with Gasteiger partial charge in [-0.25, -0.2) is 0 Å². The van der Waals surface area contributed by atoms with Gasteiger partial charge in [-0.05, 0) is 13.0 Å². The summed E-state index contributed by atoms with van der Waals surface area (Å²) in [5.41, 5.74) is 2.90. The molecule has 2 rings (SSSR count). The molecule has 108 valence electrons. The van der Waals surface area contributed by atoms with Gasteiger partial charge in [0.25, 0.3) is 0 Å². The van der Waals surface area contributed by atoms with Gasteiger partial charge in [0.05, 0.1) is 42.9 Å². The molecule has 1 N–H and O–H groups in total. The number of rotatable bonds is 5. The summed E-state index contributed by atoms with van der Waals surface area (Å²) < 4.78 is 12.4. The van der Waals surface area contributed by atoms with E-state index in [0.29, 0.717) is 23.1 Å². The first kappa shape index (κ1) is 14.5. The number of hydrogen-bond donors (Lipinski definition) is 1. The number of nitrogens with zero attached hydrogens (tertiary/aromatic N) is 2. The van der Waals surface area contributed by atoms with Crippen LogP contribution < -0.4 is 14.8 Å². The van der Waals surface area contributed by atoms with Crippen LogP contribution in [0.15, 0.2) is 18.2 Å². The number of nitrogens with one attached hydrogen (secondary N) is 1. The Balaban J connectivity index is 2.22. The first-order valence-corrected chi connectivity index (χ1v) is 6.58. The molecule has 0 unspecified atom stereocenters. The number of benzene rings is 1. The Hall–Kier alpha value is -1.88. The Morgan fingerprint density at radius 1 is 1.20 bits per heavy atom. The number of anilines is 1. The molecule has 0 radical (unpaired) electrons. The quantitative estimate of drug-likeness (QED) is 0.921. The molecule has 5 nitrogen and oxygen atoms in total. The molecule has 0 saturated heterocycles. The van der Waals surface area contributed by atoms with Crippen molar-refractivity contribution in [2.75, 3.05) is 19.5 Å². The Bertz CT molecular complexity index is 611. The van der Waals surface area contributed by atoms with Crippen LogP contribution in [0.25, 0.3) is 0 Å². The molecule has 1 heterocycles. The largest absolute Gasteiger partial charge is 0.495 e. The first-order chi connectivity index (χ1) is 9.55. The van der Waals surface area contributed by atoms with E-state index in [9.17, 15) is 0 Å². The SMILES string of the molecule is COc1cc(NCc2cc(C)nn2C)c(OC)cc1Cl. The van der Waals surface area contributed by atoms with Gasteiger partial charge < -0.3 is 14.8 Å². The molecule has 0 aliphatic heterocycles. The summed E-state index contributed by atoms with van der Waals surface area (Å²) >= 11 is 6.08. The minimum atomic E-state index is 0.520. The molecule has 0 fully saturated rings. The van der Waals surface area contributed by atoms with E-state index in [4.69, 9.17) is 21.1 Å². The van der Waals surface area contributed by atoms with Crippen molar-refractivity contribution in [2.45, 2.75) is 13.5 Å². The number of halogens is 1. The summed E-state index contributed by atoms with van der Waals surface area (Å²) in [5.74, 6) is 1.28. The predicted molar refractivity (Wildman–Crippen MR) is 79.8 cm³/mol. The van der Waals surface area contributed by atoms with Crippen molar-refractivity contribution < 1.29 is 9.47 Å². The van der Waals surface area contributed by atoms with Gasteiger partial charge in [-0.15, -0.1) is 0 Å². The summed E-state index contributed by atoms with van der Waals surface area (Å²) in [5, 5.41) is 8.15. The lowest BCUT2D eigenvalue weighted by Crippen LogP contribution is -2.06. The zero-order valence-electron chi connectivity index (χ0n) is 12.0. The number of aryl methyl sites for hydroxylation is 2. The van der Waals surface area contributed by atoms with Crippen LogP contribution in [0.1, 0.15) is 11.4 Å². The van der Waals surface area contributed by atoms with Gasteiger partial charge in [-0.1, -0.05) is 11.6 Å². The molecule has 0 aliphatic rings. The van der Waals surface area contributed by atoms with Gasteiger partial charge >= 0.3 is 0 Å². The predicted octanol–water partition coefficient (Wildman–Crippen LogP) is 3.01. The molecular formula is C14H18ClN3O2. The van der Waals surface area contributed by atoms with E-state index in [-0.39, 0.29) is 0 Å². The molecule has 1 aromatic carbocycles. The van der Waals surface area contributed by atoms with E-state index < -0.39 is 0 Å². The average Bonchev–Trinajstić information content (AvgIpc) is 2.75. The fraction of sp³-hybridized carbons (Fsp3) is 0.357. The van der Waals surface area contributed by atoms with Gasteiger partial charge in [0, 0.05) is 19.2 Å². The van der Waals surface area contributed by atoms with Crippen molar-refractivity contribution >= 4 is 17.3 Å². The molecule has 6 heteroatoms. The topological polar surface area (TPSA) is 48.3 Å². The van der Waals surface area contributed by atoms with Crippen molar-refractivity contribution in [3.8, 4) is 11.5 Å². The van der Waals surface area contributed by atoms with Crippen LogP contribution in [-0.2, 0) is 13.6 Å². The van der Waals surface area contributed by atoms with E-state index in [1.54, 1.807) is 20.3 Å². The number of ether oxygens (including phenoxy) is 2. The van der Waals surface area contributed by atoms with E-state index in [2.05, 4.69) is 10.4 Å². The molecule has 1 aromatic heterocycles. The third-order valence-corrected chi connectivity index (χ3v) is 3.33. The minimum absolute atomic E-state index is 0.520. The Labute approximate surface area is 123 Å². The summed E-state index contributed by atoms with van der Waals surface area (Å²) in [4.78, 5) is 0. The Kier molecular flexibility index (Phi) is 4.39. The van der Waals surface area contributed by atoms with E-state index in [0.717, 1.165) is 17.1 Å². The third-order valence-electron chi connectivity index (χ3n) is 3.03. The first-order valence-electron chi connectivity index (χ1n) is 6.20. The molecule has 0 amide bonds. The van der Waals surface area contributed by atoms with Crippen LogP contribution >= 0.6 is 11.6 Å². The molecule has 20 heavy (non-hydrogen) atoms. The maximum absolute atomic E-state index is 6.08. The average molecular weight is 296 g/mol. The summed E-state index contributed by atoms with van der Waals surface area (Å²) in [7, 11) is 5.11. The van der Waals surface area contributed by atoms with Crippen LogP contribution in [0, 0.1) is 6.92 Å². The van der Waals surface area contributed by atoms with Crippen molar-refractivity contribution in [2.24, 2.45) is 7.05 Å². The second-order valence-electron chi connectivity index (χ2n) is 4.44. The highest BCUT2D eigenvalue weighted by Crippen LogP contribution is 2.36. The maximum atomic E-state index is 6.08. The highest BCUT2D eigenvalue weighted by Gasteiger charge is 2.10. The van der Waals surface area contributed by atoms with Crippen LogP contribution in [-0.4, -0.2) is 24.0 Å². The van der Waals surface area contributed by atoms with E-state index in [1.807, 2.05) is 30.8 Å². The Morgan fingerprint density at radius 3 is 2.45 bits per heavy atom. The van der Waals surface area contributed by atoms with Crippen LogP contribution in [0.5, 0.6) is 11.5 Å². The monoisotopic (exact) mass is 295 g/mol. The van der Waals surface area contributed by atoms with E-state index >= 15 is 0 Å². The molecule has 0 saturated carbocycles. The summed E-state index contributed by atoms with van der Waals surface area (Å²) in [6, 6.07) is 5.59. The summed E-state index contributed by atoms with van der Waals surface area (Å²) in [6.45, 7) is 2.61. The van der Waals surface area contributed by atoms with Crippen LogP contribution in [0.2, 0.25) is 5.02 Å². The summed E-state index contributed by atoms with van der Waals surface area (Å²) in [6.07, 6.45) is 0. The Morgan fingerprint density at radius 2 is 1.90 bits per heavy atom. The van der Waals surface area contributed by atoms with Gasteiger partial charge in [-0.3, -0.25) is 4.68 Å². The third kappa shape index (κ3) is 2.99. The molecular weight excluding hydrogens is 278 g/mol. The number of hydrogen-bond acceptors (Lipinski definition) is 4. The smallest absolute Gasteiger partial charge is 0.143 e. The van der Waals surface area contributed by atoms with E-state index in [1.165, 1.54) is 0 Å². The van der Waals surface area contributed by atoms with Gasteiger partial charge in [0.15, 0.2) is 0 Å². The highest BCUT2D eigenvalue weighted by atomic mass is 35.5.